The molecule has 4 aromatic rings. The van der Waals surface area contributed by atoms with Gasteiger partial charge in [0, 0.05) is 41.0 Å². The molecule has 0 aliphatic heterocycles. The van der Waals surface area contributed by atoms with Crippen LogP contribution in [0.4, 0.5) is 5.69 Å². The van der Waals surface area contributed by atoms with Crippen molar-refractivity contribution < 1.29 is 14.3 Å². The molecule has 2 unspecified atom stereocenters. The summed E-state index contributed by atoms with van der Waals surface area (Å²) in [6, 6.07) is 19.0. The van der Waals surface area contributed by atoms with Gasteiger partial charge in [0.05, 0.1) is 5.92 Å². The third-order valence-electron chi connectivity index (χ3n) is 5.07. The monoisotopic (exact) mass is 426 g/mol. The molecule has 1 aromatic heterocycles. The summed E-state index contributed by atoms with van der Waals surface area (Å²) in [7, 11) is -0.997. The molecule has 1 heterocycles. The average Bonchev–Trinajstić information content (AvgIpc) is 3.01. The molecular formula is C22H20ClN2O3P. The highest BCUT2D eigenvalue weighted by molar-refractivity contribution is 7.38. The number of carbonyl (C=O) groups excluding carboxylic acids is 1. The molecule has 1 amide bonds. The third-order valence-corrected chi connectivity index (χ3v) is 6.06. The molecule has 29 heavy (non-hydrogen) atoms. The molecule has 0 saturated heterocycles. The number of carbonyl (C=O) groups is 1. The fourth-order valence-electron chi connectivity index (χ4n) is 3.69. The van der Waals surface area contributed by atoms with E-state index in [0.717, 1.165) is 21.7 Å². The highest BCUT2D eigenvalue weighted by Gasteiger charge is 2.26. The zero-order chi connectivity index (χ0) is 20.5. The van der Waals surface area contributed by atoms with Crippen LogP contribution >= 0.6 is 19.6 Å². The van der Waals surface area contributed by atoms with Gasteiger partial charge in [-0.1, -0.05) is 41.9 Å². The van der Waals surface area contributed by atoms with Gasteiger partial charge in [0.1, 0.15) is 0 Å². The highest BCUT2D eigenvalue weighted by atomic mass is 35.5. The lowest BCUT2D eigenvalue weighted by atomic mass is 9.99. The molecule has 2 atom stereocenters. The fourth-order valence-corrected chi connectivity index (χ4v) is 4.61. The van der Waals surface area contributed by atoms with Crippen LogP contribution in [0.5, 0.6) is 0 Å². The van der Waals surface area contributed by atoms with Crippen molar-refractivity contribution in [2.45, 2.75) is 5.92 Å². The molecule has 0 bridgehead atoms. The lowest BCUT2D eigenvalue weighted by Gasteiger charge is -2.16. The maximum absolute atomic E-state index is 13.1. The maximum Gasteiger partial charge on any atom is 0.232 e. The van der Waals surface area contributed by atoms with Crippen LogP contribution in [0, 0.1) is 0 Å². The van der Waals surface area contributed by atoms with E-state index in [9.17, 15) is 14.3 Å². The minimum absolute atomic E-state index is 0.129. The van der Waals surface area contributed by atoms with Gasteiger partial charge in [0.15, 0.2) is 8.03 Å². The van der Waals surface area contributed by atoms with Crippen molar-refractivity contribution in [2.24, 2.45) is 7.05 Å². The van der Waals surface area contributed by atoms with E-state index >= 15 is 0 Å². The summed E-state index contributed by atoms with van der Waals surface area (Å²) in [5.74, 6) is -1.08. The molecule has 148 valence electrons. The second-order valence-corrected chi connectivity index (χ2v) is 8.69. The first kappa shape index (κ1) is 19.7. The SMILES string of the molecule is Cn1cc(C(C[PH](=O)O)C(=O)Nc2ccc3ccccc3c2)c2cc(Cl)ccc21. The normalized spacial score (nSPS) is 13.5. The van der Waals surface area contributed by atoms with Gasteiger partial charge in [-0.25, -0.2) is 0 Å². The summed E-state index contributed by atoms with van der Waals surface area (Å²) >= 11 is 6.16. The fraction of sp³-hybridized carbons (Fsp3) is 0.136. The number of hydrogen-bond donors (Lipinski definition) is 2. The molecule has 0 spiro atoms. The molecule has 3 aromatic carbocycles. The number of aryl methyl sites for hydroxylation is 1. The van der Waals surface area contributed by atoms with E-state index in [1.807, 2.05) is 66.3 Å². The summed E-state index contributed by atoms with van der Waals surface area (Å²) in [5.41, 5.74) is 2.25. The van der Waals surface area contributed by atoms with Crippen molar-refractivity contribution in [1.82, 2.24) is 4.57 Å². The first-order valence-corrected chi connectivity index (χ1v) is 11.1. The van der Waals surface area contributed by atoms with Crippen molar-refractivity contribution >= 4 is 52.9 Å². The Labute approximate surface area is 173 Å². The summed E-state index contributed by atoms with van der Waals surface area (Å²) < 4.78 is 13.6. The molecule has 4 rings (SSSR count). The number of anilines is 1. The average molecular weight is 427 g/mol. The number of benzene rings is 3. The molecular weight excluding hydrogens is 407 g/mol. The standard InChI is InChI=1S/C22H20ClN2O3P/c1-25-12-19(18-11-16(23)7-9-21(18)25)20(13-29(27)28)22(26)24-17-8-6-14-4-2-3-5-15(14)10-17/h2-12,20,29H,13H2,1H3,(H,24,26)(H,27,28). The molecule has 0 radical (unpaired) electrons. The Morgan fingerprint density at radius 1 is 1.14 bits per heavy atom. The van der Waals surface area contributed by atoms with E-state index < -0.39 is 13.9 Å². The highest BCUT2D eigenvalue weighted by Crippen LogP contribution is 2.35. The van der Waals surface area contributed by atoms with Crippen LogP contribution < -0.4 is 5.32 Å². The molecule has 0 fully saturated rings. The summed E-state index contributed by atoms with van der Waals surface area (Å²) in [6.45, 7) is 0. The van der Waals surface area contributed by atoms with Gasteiger partial charge in [-0.15, -0.1) is 0 Å². The Hall–Kier alpha value is -2.59. The summed E-state index contributed by atoms with van der Waals surface area (Å²) in [4.78, 5) is 22.7. The third kappa shape index (κ3) is 4.08. The second-order valence-electron chi connectivity index (χ2n) is 7.06. The van der Waals surface area contributed by atoms with Gasteiger partial charge in [-0.2, -0.15) is 0 Å². The smallest absolute Gasteiger partial charge is 0.232 e. The van der Waals surface area contributed by atoms with E-state index in [-0.39, 0.29) is 12.1 Å². The van der Waals surface area contributed by atoms with Crippen LogP contribution in [0.1, 0.15) is 11.5 Å². The van der Waals surface area contributed by atoms with Crippen molar-refractivity contribution in [3.05, 3.63) is 77.4 Å². The molecule has 0 aliphatic carbocycles. The molecule has 5 nitrogen and oxygen atoms in total. The van der Waals surface area contributed by atoms with Gasteiger partial charge in [-0.3, -0.25) is 9.36 Å². The number of nitrogens with zero attached hydrogens (tertiary/aromatic N) is 1. The molecule has 2 N–H and O–H groups in total. The van der Waals surface area contributed by atoms with Crippen molar-refractivity contribution in [3.8, 4) is 0 Å². The van der Waals surface area contributed by atoms with E-state index in [4.69, 9.17) is 11.6 Å². The van der Waals surface area contributed by atoms with Crippen LogP contribution in [0.2, 0.25) is 5.02 Å². The summed E-state index contributed by atoms with van der Waals surface area (Å²) in [6.07, 6.45) is 1.70. The Morgan fingerprint density at radius 2 is 1.90 bits per heavy atom. The number of amides is 1. The second kappa shape index (κ2) is 8.03. The Morgan fingerprint density at radius 3 is 2.66 bits per heavy atom. The predicted octanol–water partition coefficient (Wildman–Crippen LogP) is 5.17. The predicted molar refractivity (Wildman–Crippen MR) is 119 cm³/mol. The molecule has 0 aliphatic rings. The number of fused-ring (bicyclic) bond motifs is 2. The van der Waals surface area contributed by atoms with E-state index in [2.05, 4.69) is 5.32 Å². The van der Waals surface area contributed by atoms with Crippen LogP contribution in [0.15, 0.2) is 66.9 Å². The zero-order valence-corrected chi connectivity index (χ0v) is 17.5. The number of rotatable bonds is 5. The van der Waals surface area contributed by atoms with Crippen LogP contribution in [0.25, 0.3) is 21.7 Å². The largest absolute Gasteiger partial charge is 0.350 e. The van der Waals surface area contributed by atoms with Crippen LogP contribution in [-0.2, 0) is 16.4 Å². The Bertz CT molecular complexity index is 1250. The lowest BCUT2D eigenvalue weighted by Crippen LogP contribution is -2.23. The summed E-state index contributed by atoms with van der Waals surface area (Å²) in [5, 5.41) is 6.35. The number of hydrogen-bond acceptors (Lipinski definition) is 2. The van der Waals surface area contributed by atoms with Gasteiger partial charge < -0.3 is 14.8 Å². The maximum atomic E-state index is 13.1. The molecule has 7 heteroatoms. The lowest BCUT2D eigenvalue weighted by molar-refractivity contribution is -0.117. The van der Waals surface area contributed by atoms with E-state index in [0.29, 0.717) is 16.3 Å². The van der Waals surface area contributed by atoms with Gasteiger partial charge in [0.2, 0.25) is 5.91 Å². The van der Waals surface area contributed by atoms with Crippen molar-refractivity contribution in [1.29, 1.82) is 0 Å². The van der Waals surface area contributed by atoms with Gasteiger partial charge >= 0.3 is 0 Å². The Kier molecular flexibility index (Phi) is 5.46. The Balaban J connectivity index is 1.72. The topological polar surface area (TPSA) is 71.3 Å². The van der Waals surface area contributed by atoms with Gasteiger partial charge in [0.25, 0.3) is 0 Å². The van der Waals surface area contributed by atoms with Crippen LogP contribution in [-0.4, -0.2) is 21.5 Å². The van der Waals surface area contributed by atoms with Crippen molar-refractivity contribution in [3.63, 3.8) is 0 Å². The quantitative estimate of drug-likeness (QED) is 0.432. The van der Waals surface area contributed by atoms with E-state index in [1.54, 1.807) is 12.1 Å². The van der Waals surface area contributed by atoms with E-state index in [1.165, 1.54) is 0 Å². The molecule has 0 saturated carbocycles. The first-order valence-electron chi connectivity index (χ1n) is 9.18. The zero-order valence-electron chi connectivity index (χ0n) is 15.7. The number of aromatic nitrogens is 1. The van der Waals surface area contributed by atoms with Crippen molar-refractivity contribution in [2.75, 3.05) is 11.5 Å². The van der Waals surface area contributed by atoms with Crippen LogP contribution in [0.3, 0.4) is 0 Å². The minimum atomic E-state index is -2.87. The number of halogens is 1. The first-order chi connectivity index (χ1) is 13.9. The number of nitrogens with one attached hydrogen (secondary N) is 1. The minimum Gasteiger partial charge on any atom is -0.350 e. The van der Waals surface area contributed by atoms with Gasteiger partial charge in [-0.05, 0) is 46.7 Å².